The van der Waals surface area contributed by atoms with Crippen LogP contribution in [-0.2, 0) is 16.4 Å². The van der Waals surface area contributed by atoms with Crippen LogP contribution in [0.15, 0.2) is 60.7 Å². The highest BCUT2D eigenvalue weighted by Gasteiger charge is 2.31. The van der Waals surface area contributed by atoms with Crippen LogP contribution in [0.2, 0.25) is 0 Å². The van der Waals surface area contributed by atoms with Crippen molar-refractivity contribution < 1.29 is 8.42 Å². The molecule has 0 N–H and O–H groups in total. The van der Waals surface area contributed by atoms with Gasteiger partial charge in [0.2, 0.25) is 10.0 Å². The number of nitrogens with zero attached hydrogens (tertiary/aromatic N) is 2. The van der Waals surface area contributed by atoms with E-state index in [1.54, 1.807) is 4.31 Å². The Bertz CT molecular complexity index is 763. The third kappa shape index (κ3) is 4.69. The number of piperazine rings is 1. The minimum Gasteiger partial charge on any atom is -0.297 e. The predicted octanol–water partition coefficient (Wildman–Crippen LogP) is 2.94. The summed E-state index contributed by atoms with van der Waals surface area (Å²) in [7, 11) is -1.14. The zero-order valence-corrected chi connectivity index (χ0v) is 15.5. The second-order valence-electron chi connectivity index (χ2n) is 6.67. The molecule has 0 bridgehead atoms. The van der Waals surface area contributed by atoms with Gasteiger partial charge in [-0.15, -0.1) is 0 Å². The van der Waals surface area contributed by atoms with Gasteiger partial charge in [0, 0.05) is 25.7 Å². The molecule has 0 aliphatic carbocycles. The highest BCUT2D eigenvalue weighted by molar-refractivity contribution is 7.89. The summed E-state index contributed by atoms with van der Waals surface area (Å²) in [4.78, 5) is 2.24. The highest BCUT2D eigenvalue weighted by atomic mass is 32.2. The van der Waals surface area contributed by atoms with E-state index in [0.717, 1.165) is 13.0 Å². The SMILES string of the molecule is CN1CCN(S(=O)(=O)CCCc2ccccc2)CC1c1ccccc1. The van der Waals surface area contributed by atoms with Crippen LogP contribution in [-0.4, -0.2) is 50.1 Å². The third-order valence-corrected chi connectivity index (χ3v) is 6.82. The van der Waals surface area contributed by atoms with E-state index in [9.17, 15) is 8.42 Å². The van der Waals surface area contributed by atoms with Gasteiger partial charge in [-0.3, -0.25) is 4.90 Å². The van der Waals surface area contributed by atoms with Gasteiger partial charge in [-0.25, -0.2) is 8.42 Å². The fraction of sp³-hybridized carbons (Fsp3) is 0.400. The average Bonchev–Trinajstić information content (AvgIpc) is 2.63. The monoisotopic (exact) mass is 358 g/mol. The summed E-state index contributed by atoms with van der Waals surface area (Å²) < 4.78 is 27.2. The fourth-order valence-corrected chi connectivity index (χ4v) is 4.86. The van der Waals surface area contributed by atoms with Crippen molar-refractivity contribution in [2.75, 3.05) is 32.4 Å². The summed E-state index contributed by atoms with van der Waals surface area (Å²) in [6, 6.07) is 20.4. The molecule has 0 amide bonds. The first-order valence-electron chi connectivity index (χ1n) is 8.83. The Balaban J connectivity index is 1.61. The minimum atomic E-state index is -3.21. The molecule has 1 aliphatic rings. The fourth-order valence-electron chi connectivity index (χ4n) is 3.37. The Hall–Kier alpha value is -1.69. The molecule has 5 heteroatoms. The lowest BCUT2D eigenvalue weighted by Gasteiger charge is -2.39. The molecule has 134 valence electrons. The number of hydrogen-bond acceptors (Lipinski definition) is 3. The van der Waals surface area contributed by atoms with Crippen molar-refractivity contribution in [1.82, 2.24) is 9.21 Å². The molecule has 2 aromatic rings. The molecular weight excluding hydrogens is 332 g/mol. The summed E-state index contributed by atoms with van der Waals surface area (Å²) in [6.07, 6.45) is 1.46. The zero-order valence-electron chi connectivity index (χ0n) is 14.7. The van der Waals surface area contributed by atoms with Gasteiger partial charge in [0.25, 0.3) is 0 Å². The minimum absolute atomic E-state index is 0.124. The van der Waals surface area contributed by atoms with E-state index in [4.69, 9.17) is 0 Å². The molecule has 1 saturated heterocycles. The number of hydrogen-bond donors (Lipinski definition) is 0. The van der Waals surface area contributed by atoms with Gasteiger partial charge in [0.15, 0.2) is 0 Å². The molecule has 25 heavy (non-hydrogen) atoms. The molecule has 1 fully saturated rings. The van der Waals surface area contributed by atoms with Crippen LogP contribution in [0.3, 0.4) is 0 Å². The van der Waals surface area contributed by atoms with Crippen molar-refractivity contribution in [3.63, 3.8) is 0 Å². The van der Waals surface area contributed by atoms with Crippen LogP contribution in [0.4, 0.5) is 0 Å². The van der Waals surface area contributed by atoms with Gasteiger partial charge in [-0.1, -0.05) is 60.7 Å². The van der Waals surface area contributed by atoms with Gasteiger partial charge in [-0.2, -0.15) is 4.31 Å². The number of likely N-dealkylation sites (N-methyl/N-ethyl adjacent to an activating group) is 1. The Morgan fingerprint density at radius 3 is 2.28 bits per heavy atom. The number of benzene rings is 2. The first kappa shape index (κ1) is 18.1. The van der Waals surface area contributed by atoms with Gasteiger partial charge >= 0.3 is 0 Å². The average molecular weight is 359 g/mol. The standard InChI is InChI=1S/C20H26N2O2S/c1-21-14-15-22(17-20(21)19-12-6-3-7-13-19)25(23,24)16-8-11-18-9-4-2-5-10-18/h2-7,9-10,12-13,20H,8,11,14-17H2,1H3. The largest absolute Gasteiger partial charge is 0.297 e. The molecule has 2 aromatic carbocycles. The van der Waals surface area contributed by atoms with Crippen LogP contribution < -0.4 is 0 Å². The van der Waals surface area contributed by atoms with Gasteiger partial charge in [0.1, 0.15) is 0 Å². The molecule has 1 atom stereocenters. The molecule has 1 heterocycles. The molecule has 0 saturated carbocycles. The third-order valence-electron chi connectivity index (χ3n) is 4.90. The van der Waals surface area contributed by atoms with Gasteiger partial charge in [-0.05, 0) is 31.0 Å². The summed E-state index contributed by atoms with van der Waals surface area (Å²) in [6.45, 7) is 1.87. The van der Waals surface area contributed by atoms with Gasteiger partial charge in [0.05, 0.1) is 5.75 Å². The Kier molecular flexibility index (Phi) is 5.89. The van der Waals surface area contributed by atoms with Crippen molar-refractivity contribution in [1.29, 1.82) is 0 Å². The van der Waals surface area contributed by atoms with Gasteiger partial charge < -0.3 is 0 Å². The molecule has 0 aromatic heterocycles. The van der Waals surface area contributed by atoms with Crippen LogP contribution in [0, 0.1) is 0 Å². The van der Waals surface area contributed by atoms with Crippen molar-refractivity contribution >= 4 is 10.0 Å². The first-order valence-corrected chi connectivity index (χ1v) is 10.4. The normalized spacial score (nSPS) is 19.8. The maximum atomic E-state index is 12.8. The summed E-state index contributed by atoms with van der Waals surface area (Å²) >= 11 is 0. The summed E-state index contributed by atoms with van der Waals surface area (Å²) in [5.41, 5.74) is 2.37. The van der Waals surface area contributed by atoms with E-state index in [1.807, 2.05) is 48.5 Å². The van der Waals surface area contributed by atoms with E-state index in [-0.39, 0.29) is 11.8 Å². The molecule has 0 radical (unpaired) electrons. The Morgan fingerprint density at radius 2 is 1.60 bits per heavy atom. The van der Waals surface area contributed by atoms with Crippen LogP contribution in [0.25, 0.3) is 0 Å². The smallest absolute Gasteiger partial charge is 0.214 e. The quantitative estimate of drug-likeness (QED) is 0.797. The Labute approximate surface area is 151 Å². The highest BCUT2D eigenvalue weighted by Crippen LogP contribution is 2.25. The maximum absolute atomic E-state index is 12.8. The molecule has 1 unspecified atom stereocenters. The molecule has 1 aliphatic heterocycles. The Morgan fingerprint density at radius 1 is 0.960 bits per heavy atom. The second-order valence-corrected chi connectivity index (χ2v) is 8.76. The van der Waals surface area contributed by atoms with Crippen LogP contribution in [0.5, 0.6) is 0 Å². The van der Waals surface area contributed by atoms with E-state index < -0.39 is 10.0 Å². The molecule has 3 rings (SSSR count). The van der Waals surface area contributed by atoms with E-state index >= 15 is 0 Å². The van der Waals surface area contributed by atoms with Crippen molar-refractivity contribution in [2.24, 2.45) is 0 Å². The summed E-state index contributed by atoms with van der Waals surface area (Å²) in [5, 5.41) is 0. The molecule has 0 spiro atoms. The van der Waals surface area contributed by atoms with E-state index in [1.165, 1.54) is 11.1 Å². The number of rotatable bonds is 6. The summed E-state index contributed by atoms with van der Waals surface area (Å²) in [5.74, 6) is 0.215. The number of aryl methyl sites for hydroxylation is 1. The van der Waals surface area contributed by atoms with Crippen LogP contribution in [0.1, 0.15) is 23.6 Å². The maximum Gasteiger partial charge on any atom is 0.214 e. The lowest BCUT2D eigenvalue weighted by Crippen LogP contribution is -2.49. The zero-order chi connectivity index (χ0) is 17.7. The van der Waals surface area contributed by atoms with E-state index in [0.29, 0.717) is 19.5 Å². The number of sulfonamides is 1. The predicted molar refractivity (Wildman–Crippen MR) is 102 cm³/mol. The molecular formula is C20H26N2O2S. The van der Waals surface area contributed by atoms with Crippen molar-refractivity contribution in [3.05, 3.63) is 71.8 Å². The first-order chi connectivity index (χ1) is 12.1. The molecule has 4 nitrogen and oxygen atoms in total. The lowest BCUT2D eigenvalue weighted by atomic mass is 10.0. The van der Waals surface area contributed by atoms with Crippen molar-refractivity contribution in [2.45, 2.75) is 18.9 Å². The van der Waals surface area contributed by atoms with Crippen molar-refractivity contribution in [3.8, 4) is 0 Å². The topological polar surface area (TPSA) is 40.6 Å². The van der Waals surface area contributed by atoms with E-state index in [2.05, 4.69) is 24.1 Å². The van der Waals surface area contributed by atoms with Crippen LogP contribution >= 0.6 is 0 Å². The lowest BCUT2D eigenvalue weighted by molar-refractivity contribution is 0.148. The second kappa shape index (κ2) is 8.13.